The molecule has 0 aromatic carbocycles. The van der Waals surface area contributed by atoms with Gasteiger partial charge in [-0.15, -0.1) is 0 Å². The summed E-state index contributed by atoms with van der Waals surface area (Å²) < 4.78 is 128. The molecule has 1 aliphatic carbocycles. The van der Waals surface area contributed by atoms with Gasteiger partial charge in [0, 0.05) is 5.57 Å². The summed E-state index contributed by atoms with van der Waals surface area (Å²) in [7, 11) is 0. The zero-order chi connectivity index (χ0) is 24.3. The predicted molar refractivity (Wildman–Crippen MR) is 87.7 cm³/mol. The Morgan fingerprint density at radius 1 is 0.935 bits per heavy atom. The van der Waals surface area contributed by atoms with Gasteiger partial charge in [0.25, 0.3) is 0 Å². The molecule has 13 heteroatoms. The lowest BCUT2D eigenvalue weighted by molar-refractivity contribution is -0.399. The molecular formula is C18H21F9O4. The van der Waals surface area contributed by atoms with Crippen LogP contribution in [-0.2, 0) is 19.1 Å². The molecule has 0 heterocycles. The van der Waals surface area contributed by atoms with Gasteiger partial charge in [0.15, 0.2) is 0 Å². The van der Waals surface area contributed by atoms with Crippen LogP contribution in [0.15, 0.2) is 12.2 Å². The van der Waals surface area contributed by atoms with Crippen molar-refractivity contribution in [2.75, 3.05) is 6.61 Å². The van der Waals surface area contributed by atoms with E-state index in [9.17, 15) is 49.1 Å². The monoisotopic (exact) mass is 472 g/mol. The van der Waals surface area contributed by atoms with Gasteiger partial charge in [-0.2, -0.15) is 26.3 Å². The fraction of sp³-hybridized carbons (Fsp3) is 0.778. The van der Waals surface area contributed by atoms with Gasteiger partial charge in [-0.25, -0.2) is 18.0 Å². The smallest absolute Gasteiger partial charge is 0.437 e. The van der Waals surface area contributed by atoms with Gasteiger partial charge in [-0.3, -0.25) is 4.79 Å². The molecule has 1 rings (SSSR count). The minimum atomic E-state index is -7.03. The summed E-state index contributed by atoms with van der Waals surface area (Å²) in [6.45, 7) is 2.97. The quantitative estimate of drug-likeness (QED) is 0.268. The number of ether oxygens (including phenoxy) is 2. The zero-order valence-corrected chi connectivity index (χ0v) is 16.3. The molecule has 1 saturated carbocycles. The average molecular weight is 472 g/mol. The van der Waals surface area contributed by atoms with Crippen molar-refractivity contribution in [3.63, 3.8) is 0 Å². The number of hydrogen-bond acceptors (Lipinski definition) is 4. The maximum Gasteiger partial charge on any atom is 0.437 e. The van der Waals surface area contributed by atoms with Gasteiger partial charge in [0.2, 0.25) is 0 Å². The topological polar surface area (TPSA) is 52.6 Å². The lowest BCUT2D eigenvalue weighted by atomic mass is 9.89. The van der Waals surface area contributed by atoms with Gasteiger partial charge in [-0.05, 0) is 19.8 Å². The van der Waals surface area contributed by atoms with Gasteiger partial charge in [0.05, 0.1) is 12.3 Å². The van der Waals surface area contributed by atoms with Crippen LogP contribution in [0, 0.1) is 5.92 Å². The largest absolute Gasteiger partial charge is 0.458 e. The van der Waals surface area contributed by atoms with Crippen LogP contribution in [0.3, 0.4) is 0 Å². The second kappa shape index (κ2) is 9.68. The van der Waals surface area contributed by atoms with Crippen LogP contribution in [-0.4, -0.2) is 48.6 Å². The molecule has 31 heavy (non-hydrogen) atoms. The van der Waals surface area contributed by atoms with Crippen LogP contribution >= 0.6 is 0 Å². The maximum atomic E-state index is 14.1. The van der Waals surface area contributed by atoms with Crippen LogP contribution in [0.5, 0.6) is 0 Å². The molecule has 0 bridgehead atoms. The van der Waals surface area contributed by atoms with Crippen LogP contribution < -0.4 is 0 Å². The first kappa shape index (κ1) is 27.1. The molecule has 0 amide bonds. The summed E-state index contributed by atoms with van der Waals surface area (Å²) in [4.78, 5) is 23.6. The van der Waals surface area contributed by atoms with E-state index in [0.29, 0.717) is 12.8 Å². The van der Waals surface area contributed by atoms with E-state index in [1.165, 1.54) is 0 Å². The molecule has 4 nitrogen and oxygen atoms in total. The second-order valence-corrected chi connectivity index (χ2v) is 7.34. The van der Waals surface area contributed by atoms with Crippen molar-refractivity contribution >= 4 is 11.9 Å². The first-order valence-corrected chi connectivity index (χ1v) is 9.17. The third-order valence-corrected chi connectivity index (χ3v) is 4.74. The summed E-state index contributed by atoms with van der Waals surface area (Å²) in [5, 5.41) is 0. The van der Waals surface area contributed by atoms with Gasteiger partial charge in [-0.1, -0.05) is 25.8 Å². The van der Waals surface area contributed by atoms with Crippen LogP contribution in [0.1, 0.15) is 45.4 Å². The van der Waals surface area contributed by atoms with Gasteiger partial charge in [0.1, 0.15) is 12.7 Å². The van der Waals surface area contributed by atoms with E-state index >= 15 is 0 Å². The third kappa shape index (κ3) is 6.28. The number of carbonyl (C=O) groups is 2. The minimum absolute atomic E-state index is 0.269. The Labute approximate surface area is 171 Å². The number of carbonyl (C=O) groups excluding carboxylic acids is 2. The highest BCUT2D eigenvalue weighted by Gasteiger charge is 2.84. The fourth-order valence-electron chi connectivity index (χ4n) is 3.03. The third-order valence-electron chi connectivity index (χ3n) is 4.74. The van der Waals surface area contributed by atoms with Crippen LogP contribution in [0.25, 0.3) is 0 Å². The average Bonchev–Trinajstić information content (AvgIpc) is 2.63. The van der Waals surface area contributed by atoms with Crippen molar-refractivity contribution in [3.8, 4) is 0 Å². The van der Waals surface area contributed by atoms with E-state index in [-0.39, 0.29) is 18.4 Å². The maximum absolute atomic E-state index is 14.1. The minimum Gasteiger partial charge on any atom is -0.458 e. The molecular weight excluding hydrogens is 451 g/mol. The number of esters is 2. The lowest BCUT2D eigenvalue weighted by Crippen LogP contribution is -2.65. The Morgan fingerprint density at radius 3 is 1.84 bits per heavy atom. The van der Waals surface area contributed by atoms with E-state index in [0.717, 1.165) is 13.3 Å². The van der Waals surface area contributed by atoms with E-state index in [4.69, 9.17) is 0 Å². The van der Waals surface area contributed by atoms with Crippen molar-refractivity contribution in [1.82, 2.24) is 0 Å². The first-order chi connectivity index (χ1) is 13.9. The molecule has 0 saturated heterocycles. The van der Waals surface area contributed by atoms with Crippen LogP contribution in [0.4, 0.5) is 39.5 Å². The van der Waals surface area contributed by atoms with Crippen molar-refractivity contribution in [2.45, 2.75) is 75.5 Å². The fourth-order valence-corrected chi connectivity index (χ4v) is 3.03. The summed E-state index contributed by atoms with van der Waals surface area (Å²) in [6.07, 6.45) is -16.6. The van der Waals surface area contributed by atoms with Crippen molar-refractivity contribution in [2.24, 2.45) is 5.92 Å². The summed E-state index contributed by atoms with van der Waals surface area (Å²) in [6, 6.07) is 0. The Bertz CT molecular complexity index is 650. The second-order valence-electron chi connectivity index (χ2n) is 7.34. The SMILES string of the molecule is C=C(C)C(=O)OCC(CC(F)(F)C(F)(C(F)(F)F)C(F)(F)F)OC(=O)C1CCCCC1. The summed E-state index contributed by atoms with van der Waals surface area (Å²) in [5.74, 6) is -9.30. The standard InChI is InChI=1S/C18H21F9O4/c1-10(2)13(28)30-9-12(31-14(29)11-6-4-3-5-7-11)8-15(19,20)16(21,17(22,23)24)18(25,26)27/h11-12H,1,3-9H2,2H3. The van der Waals surface area contributed by atoms with E-state index < -0.39 is 60.9 Å². The summed E-state index contributed by atoms with van der Waals surface area (Å²) in [5.41, 5.74) is -7.18. The molecule has 1 aliphatic rings. The predicted octanol–water partition coefficient (Wildman–Crippen LogP) is 5.46. The lowest BCUT2D eigenvalue weighted by Gasteiger charge is -2.37. The molecule has 1 atom stereocenters. The molecule has 0 N–H and O–H groups in total. The van der Waals surface area contributed by atoms with Gasteiger partial charge >= 0.3 is 35.9 Å². The Hall–Kier alpha value is -1.95. The van der Waals surface area contributed by atoms with E-state index in [2.05, 4.69) is 16.1 Å². The zero-order valence-electron chi connectivity index (χ0n) is 16.3. The Balaban J connectivity index is 3.16. The Kier molecular flexibility index (Phi) is 8.46. The number of hydrogen-bond donors (Lipinski definition) is 0. The van der Waals surface area contributed by atoms with E-state index in [1.54, 1.807) is 0 Å². The van der Waals surface area contributed by atoms with Crippen molar-refractivity contribution in [3.05, 3.63) is 12.2 Å². The molecule has 0 aliphatic heterocycles. The number of alkyl halides is 9. The Morgan fingerprint density at radius 2 is 1.42 bits per heavy atom. The first-order valence-electron chi connectivity index (χ1n) is 9.17. The number of rotatable bonds is 8. The van der Waals surface area contributed by atoms with Crippen LogP contribution in [0.2, 0.25) is 0 Å². The highest BCUT2D eigenvalue weighted by Crippen LogP contribution is 2.56. The van der Waals surface area contributed by atoms with Crippen molar-refractivity contribution < 1.29 is 58.6 Å². The highest BCUT2D eigenvalue weighted by molar-refractivity contribution is 5.86. The molecule has 1 unspecified atom stereocenters. The molecule has 0 aromatic rings. The molecule has 0 radical (unpaired) electrons. The van der Waals surface area contributed by atoms with Gasteiger partial charge < -0.3 is 9.47 Å². The normalized spacial score (nSPS) is 17.7. The molecule has 0 aromatic heterocycles. The molecule has 1 fully saturated rings. The molecule has 180 valence electrons. The van der Waals surface area contributed by atoms with E-state index in [1.807, 2.05) is 0 Å². The van der Waals surface area contributed by atoms with Crippen molar-refractivity contribution in [1.29, 1.82) is 0 Å². The molecule has 0 spiro atoms. The summed E-state index contributed by atoms with van der Waals surface area (Å²) >= 11 is 0. The number of halogens is 9. The highest BCUT2D eigenvalue weighted by atomic mass is 19.4.